The van der Waals surface area contributed by atoms with Crippen molar-refractivity contribution in [3.63, 3.8) is 0 Å². The number of hydrogen-bond acceptors (Lipinski definition) is 4. The maximum absolute atomic E-state index is 12.1. The summed E-state index contributed by atoms with van der Waals surface area (Å²) in [5, 5.41) is 9.20. The number of nitrogens with zero attached hydrogens (tertiary/aromatic N) is 2. The van der Waals surface area contributed by atoms with Crippen LogP contribution in [0.3, 0.4) is 0 Å². The van der Waals surface area contributed by atoms with Crippen molar-refractivity contribution in [2.24, 2.45) is 0 Å². The van der Waals surface area contributed by atoms with Gasteiger partial charge in [0, 0.05) is 11.2 Å². The molecule has 0 spiro atoms. The Balaban J connectivity index is 2.35. The van der Waals surface area contributed by atoms with Crippen molar-refractivity contribution in [1.82, 2.24) is 4.98 Å². The van der Waals surface area contributed by atoms with Crippen LogP contribution in [0.4, 0.5) is 5.69 Å². The highest BCUT2D eigenvalue weighted by Crippen LogP contribution is 2.27. The fourth-order valence-corrected chi connectivity index (χ4v) is 2.79. The molecule has 0 saturated heterocycles. The van der Waals surface area contributed by atoms with Crippen LogP contribution in [0.15, 0.2) is 41.4 Å². The number of hydrogen-bond donors (Lipinski definition) is 1. The molecule has 2 rings (SSSR count). The Hall–Kier alpha value is -1.81. The molecule has 0 unspecified atom stereocenters. The van der Waals surface area contributed by atoms with Gasteiger partial charge in [0.1, 0.15) is 16.7 Å². The lowest BCUT2D eigenvalue weighted by atomic mass is 10.3. The van der Waals surface area contributed by atoms with Gasteiger partial charge >= 0.3 is 0 Å². The van der Waals surface area contributed by atoms with Gasteiger partial charge in [0.15, 0.2) is 0 Å². The topological polar surface area (TPSA) is 82.8 Å². The van der Waals surface area contributed by atoms with Gasteiger partial charge in [-0.15, -0.1) is 0 Å². The predicted octanol–water partition coefficient (Wildman–Crippen LogP) is 3.06. The Labute approximate surface area is 125 Å². The Morgan fingerprint density at radius 3 is 2.55 bits per heavy atom. The van der Waals surface area contributed by atoms with Crippen molar-refractivity contribution < 1.29 is 8.42 Å². The van der Waals surface area contributed by atoms with Crippen LogP contribution in [0.2, 0.25) is 10.0 Å². The molecule has 1 aromatic carbocycles. The first-order chi connectivity index (χ1) is 9.42. The summed E-state index contributed by atoms with van der Waals surface area (Å²) >= 11 is 11.7. The first-order valence-corrected chi connectivity index (χ1v) is 7.50. The number of benzene rings is 1. The second-order valence-corrected chi connectivity index (χ2v) is 6.25. The lowest BCUT2D eigenvalue weighted by Crippen LogP contribution is -2.13. The summed E-state index contributed by atoms with van der Waals surface area (Å²) in [6.07, 6.45) is 1.10. The summed E-state index contributed by atoms with van der Waals surface area (Å²) in [6.45, 7) is 0. The van der Waals surface area contributed by atoms with Gasteiger partial charge in [-0.3, -0.25) is 4.72 Å². The van der Waals surface area contributed by atoms with Crippen molar-refractivity contribution in [2.45, 2.75) is 4.90 Å². The third-order valence-electron chi connectivity index (χ3n) is 2.33. The fraction of sp³-hybridized carbons (Fsp3) is 0. The van der Waals surface area contributed by atoms with Gasteiger partial charge in [-0.05, 0) is 30.3 Å². The molecule has 5 nitrogen and oxygen atoms in total. The quantitative estimate of drug-likeness (QED) is 0.939. The Morgan fingerprint density at radius 1 is 1.20 bits per heavy atom. The zero-order valence-corrected chi connectivity index (χ0v) is 12.2. The van der Waals surface area contributed by atoms with Crippen molar-refractivity contribution in [2.75, 3.05) is 4.72 Å². The molecule has 1 aromatic heterocycles. The molecule has 0 fully saturated rings. The fourth-order valence-electron chi connectivity index (χ4n) is 1.38. The van der Waals surface area contributed by atoms with Crippen LogP contribution in [-0.2, 0) is 10.0 Å². The number of anilines is 1. The third kappa shape index (κ3) is 3.20. The second kappa shape index (κ2) is 5.67. The van der Waals surface area contributed by atoms with Crippen LogP contribution in [0.5, 0.6) is 0 Å². The van der Waals surface area contributed by atoms with E-state index in [0.717, 1.165) is 6.20 Å². The monoisotopic (exact) mass is 327 g/mol. The van der Waals surface area contributed by atoms with Crippen LogP contribution in [0.25, 0.3) is 0 Å². The summed E-state index contributed by atoms with van der Waals surface area (Å²) in [5.74, 6) is 0. The maximum atomic E-state index is 12.1. The van der Waals surface area contributed by atoms with Gasteiger partial charge in [0.2, 0.25) is 0 Å². The average molecular weight is 328 g/mol. The minimum Gasteiger partial charge on any atom is -0.278 e. The number of aromatic nitrogens is 1. The van der Waals surface area contributed by atoms with Gasteiger partial charge in [-0.2, -0.15) is 5.26 Å². The summed E-state index contributed by atoms with van der Waals surface area (Å²) < 4.78 is 26.6. The predicted molar refractivity (Wildman–Crippen MR) is 76.2 cm³/mol. The normalized spacial score (nSPS) is 10.8. The largest absolute Gasteiger partial charge is 0.278 e. The molecule has 0 atom stereocenters. The molecule has 1 N–H and O–H groups in total. The van der Waals surface area contributed by atoms with E-state index in [1.165, 1.54) is 24.3 Å². The Kier molecular flexibility index (Phi) is 4.14. The van der Waals surface area contributed by atoms with E-state index in [1.54, 1.807) is 12.1 Å². The van der Waals surface area contributed by atoms with E-state index in [2.05, 4.69) is 9.71 Å². The Morgan fingerprint density at radius 2 is 1.95 bits per heavy atom. The van der Waals surface area contributed by atoms with Crippen molar-refractivity contribution in [1.29, 1.82) is 5.26 Å². The Bertz CT molecular complexity index is 783. The molecule has 0 aliphatic carbocycles. The molecule has 1 heterocycles. The van der Waals surface area contributed by atoms with Crippen LogP contribution in [0, 0.1) is 11.3 Å². The van der Waals surface area contributed by atoms with Gasteiger partial charge in [0.25, 0.3) is 10.0 Å². The van der Waals surface area contributed by atoms with E-state index < -0.39 is 10.0 Å². The van der Waals surface area contributed by atoms with E-state index in [9.17, 15) is 8.42 Å². The van der Waals surface area contributed by atoms with Gasteiger partial charge in [-0.25, -0.2) is 13.4 Å². The molecule has 8 heteroatoms. The summed E-state index contributed by atoms with van der Waals surface area (Å²) in [7, 11) is -3.84. The standard InChI is InChI=1S/C12H7Cl2N3O2S/c13-8-1-4-11(14)12(5-8)17-20(18,19)10-3-2-9(6-15)16-7-10/h1-5,7,17H. The van der Waals surface area contributed by atoms with E-state index >= 15 is 0 Å². The highest BCUT2D eigenvalue weighted by atomic mass is 35.5. The molecule has 2 aromatic rings. The first-order valence-electron chi connectivity index (χ1n) is 5.26. The molecule has 0 saturated carbocycles. The molecule has 0 bridgehead atoms. The number of nitrogens with one attached hydrogen (secondary N) is 1. The van der Waals surface area contributed by atoms with Crippen LogP contribution in [-0.4, -0.2) is 13.4 Å². The van der Waals surface area contributed by atoms with E-state index in [1.807, 2.05) is 0 Å². The van der Waals surface area contributed by atoms with Crippen molar-refractivity contribution in [3.8, 4) is 6.07 Å². The van der Waals surface area contributed by atoms with Crippen molar-refractivity contribution >= 4 is 38.9 Å². The van der Waals surface area contributed by atoms with Gasteiger partial charge < -0.3 is 0 Å². The highest BCUT2D eigenvalue weighted by Gasteiger charge is 2.16. The second-order valence-electron chi connectivity index (χ2n) is 3.72. The molecule has 20 heavy (non-hydrogen) atoms. The van der Waals surface area contributed by atoms with E-state index in [0.29, 0.717) is 5.02 Å². The van der Waals surface area contributed by atoms with E-state index in [4.69, 9.17) is 28.5 Å². The maximum Gasteiger partial charge on any atom is 0.263 e. The number of rotatable bonds is 3. The van der Waals surface area contributed by atoms with Crippen LogP contribution in [0.1, 0.15) is 5.69 Å². The molecule has 0 aliphatic heterocycles. The molecule has 102 valence electrons. The lowest BCUT2D eigenvalue weighted by Gasteiger charge is -2.09. The highest BCUT2D eigenvalue weighted by molar-refractivity contribution is 7.92. The first kappa shape index (κ1) is 14.6. The molecular formula is C12H7Cl2N3O2S. The van der Waals surface area contributed by atoms with E-state index in [-0.39, 0.29) is 21.3 Å². The van der Waals surface area contributed by atoms with Crippen molar-refractivity contribution in [3.05, 3.63) is 52.3 Å². The SMILES string of the molecule is N#Cc1ccc(S(=O)(=O)Nc2cc(Cl)ccc2Cl)cn1. The minimum absolute atomic E-state index is 0.0763. The van der Waals surface area contributed by atoms with Gasteiger partial charge in [0.05, 0.1) is 10.7 Å². The number of pyridine rings is 1. The van der Waals surface area contributed by atoms with Crippen LogP contribution < -0.4 is 4.72 Å². The summed E-state index contributed by atoms with van der Waals surface area (Å²) in [6, 6.07) is 8.84. The summed E-state index contributed by atoms with van der Waals surface area (Å²) in [4.78, 5) is 3.63. The molecule has 0 radical (unpaired) electrons. The molecule has 0 amide bonds. The minimum atomic E-state index is -3.84. The molecular weight excluding hydrogens is 321 g/mol. The number of halogens is 2. The third-order valence-corrected chi connectivity index (χ3v) is 4.25. The van der Waals surface area contributed by atoms with Gasteiger partial charge in [-0.1, -0.05) is 23.2 Å². The summed E-state index contributed by atoms with van der Waals surface area (Å²) in [5.41, 5.74) is 0.299. The number of sulfonamides is 1. The van der Waals surface area contributed by atoms with Crippen LogP contribution >= 0.6 is 23.2 Å². The smallest absolute Gasteiger partial charge is 0.263 e. The lowest BCUT2D eigenvalue weighted by molar-refractivity contribution is 0.601. The average Bonchev–Trinajstić information content (AvgIpc) is 2.43. The zero-order chi connectivity index (χ0) is 14.8. The zero-order valence-electron chi connectivity index (χ0n) is 9.84. The molecule has 0 aliphatic rings. The number of nitriles is 1.